The molecule has 1 aliphatic rings. The standard InChI is InChI=1S/C13H20N4O2S/c1-13(11(19)14-2)4-3-6-17(9-13)8-10(18)16-12-15-5-7-20-12/h5,7H,3-4,6,8-9H2,1-2H3,(H,14,19)(H,15,16,18)/t13-/m0/s1. The number of hydrogen-bond acceptors (Lipinski definition) is 5. The van der Waals surface area contributed by atoms with Crippen molar-refractivity contribution in [2.45, 2.75) is 19.8 Å². The quantitative estimate of drug-likeness (QED) is 0.867. The lowest BCUT2D eigenvalue weighted by Gasteiger charge is -2.38. The van der Waals surface area contributed by atoms with Crippen LogP contribution in [0.15, 0.2) is 11.6 Å². The van der Waals surface area contributed by atoms with E-state index in [9.17, 15) is 9.59 Å². The van der Waals surface area contributed by atoms with Crippen LogP contribution in [0.4, 0.5) is 5.13 Å². The second kappa shape index (κ2) is 6.32. The Morgan fingerprint density at radius 2 is 2.35 bits per heavy atom. The van der Waals surface area contributed by atoms with E-state index in [4.69, 9.17) is 0 Å². The van der Waals surface area contributed by atoms with Gasteiger partial charge in [0.05, 0.1) is 12.0 Å². The number of hydrogen-bond donors (Lipinski definition) is 2. The van der Waals surface area contributed by atoms with E-state index >= 15 is 0 Å². The normalized spacial score (nSPS) is 23.3. The van der Waals surface area contributed by atoms with Gasteiger partial charge in [-0.1, -0.05) is 0 Å². The molecule has 1 aromatic rings. The number of nitrogens with one attached hydrogen (secondary N) is 2. The lowest BCUT2D eigenvalue weighted by molar-refractivity contribution is -0.133. The molecule has 1 saturated heterocycles. The van der Waals surface area contributed by atoms with Crippen molar-refractivity contribution in [2.75, 3.05) is 32.0 Å². The maximum Gasteiger partial charge on any atom is 0.240 e. The number of rotatable bonds is 4. The number of nitrogens with zero attached hydrogens (tertiary/aromatic N) is 2. The minimum atomic E-state index is -0.408. The van der Waals surface area contributed by atoms with Gasteiger partial charge >= 0.3 is 0 Å². The van der Waals surface area contributed by atoms with Crippen LogP contribution in [-0.4, -0.2) is 48.4 Å². The van der Waals surface area contributed by atoms with Crippen molar-refractivity contribution in [1.82, 2.24) is 15.2 Å². The summed E-state index contributed by atoms with van der Waals surface area (Å²) >= 11 is 1.40. The third kappa shape index (κ3) is 3.55. The van der Waals surface area contributed by atoms with Crippen molar-refractivity contribution in [3.8, 4) is 0 Å². The van der Waals surface area contributed by atoms with Crippen LogP contribution < -0.4 is 10.6 Å². The Hall–Kier alpha value is -1.47. The van der Waals surface area contributed by atoms with Crippen LogP contribution in [0.1, 0.15) is 19.8 Å². The number of carbonyl (C=O) groups excluding carboxylic acids is 2. The summed E-state index contributed by atoms with van der Waals surface area (Å²) in [5, 5.41) is 7.91. The van der Waals surface area contributed by atoms with Gasteiger partial charge in [0.15, 0.2) is 5.13 Å². The number of thiazole rings is 1. The van der Waals surface area contributed by atoms with Crippen molar-refractivity contribution in [3.05, 3.63) is 11.6 Å². The molecule has 1 aliphatic heterocycles. The Morgan fingerprint density at radius 1 is 1.55 bits per heavy atom. The number of aromatic nitrogens is 1. The zero-order valence-corrected chi connectivity index (χ0v) is 12.6. The first-order valence-electron chi connectivity index (χ1n) is 6.67. The molecule has 110 valence electrons. The second-order valence-corrected chi connectivity index (χ2v) is 6.23. The smallest absolute Gasteiger partial charge is 0.240 e. The molecule has 2 heterocycles. The van der Waals surface area contributed by atoms with Gasteiger partial charge < -0.3 is 10.6 Å². The first-order chi connectivity index (χ1) is 9.53. The van der Waals surface area contributed by atoms with Crippen molar-refractivity contribution in [3.63, 3.8) is 0 Å². The predicted molar refractivity (Wildman–Crippen MR) is 78.6 cm³/mol. The molecule has 0 spiro atoms. The van der Waals surface area contributed by atoms with Crippen LogP contribution in [0, 0.1) is 5.41 Å². The molecule has 2 rings (SSSR count). The topological polar surface area (TPSA) is 74.3 Å². The van der Waals surface area contributed by atoms with Gasteiger partial charge in [-0.15, -0.1) is 11.3 Å². The lowest BCUT2D eigenvalue weighted by atomic mass is 9.81. The fraction of sp³-hybridized carbons (Fsp3) is 0.615. The van der Waals surface area contributed by atoms with Crippen molar-refractivity contribution in [1.29, 1.82) is 0 Å². The van der Waals surface area contributed by atoms with Gasteiger partial charge in [-0.25, -0.2) is 4.98 Å². The van der Waals surface area contributed by atoms with E-state index in [1.165, 1.54) is 11.3 Å². The molecule has 0 radical (unpaired) electrons. The molecule has 0 aromatic carbocycles. The van der Waals surface area contributed by atoms with Crippen molar-refractivity contribution < 1.29 is 9.59 Å². The van der Waals surface area contributed by atoms with Gasteiger partial charge in [0.25, 0.3) is 0 Å². The lowest BCUT2D eigenvalue weighted by Crippen LogP contribution is -2.51. The average Bonchev–Trinajstić information content (AvgIpc) is 2.90. The monoisotopic (exact) mass is 296 g/mol. The summed E-state index contributed by atoms with van der Waals surface area (Å²) in [7, 11) is 1.65. The molecule has 0 saturated carbocycles. The molecule has 1 aromatic heterocycles. The summed E-state index contributed by atoms with van der Waals surface area (Å²) in [5.74, 6) is -0.0383. The molecule has 0 aliphatic carbocycles. The molecule has 2 N–H and O–H groups in total. The maximum atomic E-state index is 11.9. The number of amides is 2. The molecule has 0 unspecified atom stereocenters. The predicted octanol–water partition coefficient (Wildman–Crippen LogP) is 0.930. The largest absolute Gasteiger partial charge is 0.359 e. The molecule has 0 bridgehead atoms. The highest BCUT2D eigenvalue weighted by molar-refractivity contribution is 7.13. The first kappa shape index (κ1) is 14.9. The molecule has 6 nitrogen and oxygen atoms in total. The zero-order chi connectivity index (χ0) is 14.6. The van der Waals surface area contributed by atoms with Gasteiger partial charge in [0, 0.05) is 25.2 Å². The average molecular weight is 296 g/mol. The van der Waals surface area contributed by atoms with Gasteiger partial charge in [-0.2, -0.15) is 0 Å². The van der Waals surface area contributed by atoms with E-state index in [1.54, 1.807) is 13.2 Å². The number of anilines is 1. The summed E-state index contributed by atoms with van der Waals surface area (Å²) in [6.07, 6.45) is 3.44. The molecular weight excluding hydrogens is 276 g/mol. The Balaban J connectivity index is 1.89. The van der Waals surface area contributed by atoms with Crippen LogP contribution in [-0.2, 0) is 9.59 Å². The molecule has 1 fully saturated rings. The molecule has 7 heteroatoms. The summed E-state index contributed by atoms with van der Waals surface area (Å²) in [4.78, 5) is 29.9. The third-order valence-corrected chi connectivity index (χ3v) is 4.29. The van der Waals surface area contributed by atoms with Crippen molar-refractivity contribution >= 4 is 28.3 Å². The van der Waals surface area contributed by atoms with E-state index in [0.29, 0.717) is 18.2 Å². The zero-order valence-electron chi connectivity index (χ0n) is 11.8. The van der Waals surface area contributed by atoms with E-state index in [2.05, 4.69) is 15.6 Å². The third-order valence-electron chi connectivity index (χ3n) is 3.60. The van der Waals surface area contributed by atoms with E-state index in [0.717, 1.165) is 19.4 Å². The van der Waals surface area contributed by atoms with Gasteiger partial charge in [-0.3, -0.25) is 14.5 Å². The summed E-state index contributed by atoms with van der Waals surface area (Å²) in [6.45, 7) is 3.71. The van der Waals surface area contributed by atoms with E-state index < -0.39 is 5.41 Å². The maximum absolute atomic E-state index is 11.9. The Morgan fingerprint density at radius 3 is 3.00 bits per heavy atom. The Kier molecular flexibility index (Phi) is 4.72. The van der Waals surface area contributed by atoms with Gasteiger partial charge in [-0.05, 0) is 26.3 Å². The van der Waals surface area contributed by atoms with E-state index in [-0.39, 0.29) is 11.8 Å². The van der Waals surface area contributed by atoms with Gasteiger partial charge in [0.2, 0.25) is 11.8 Å². The van der Waals surface area contributed by atoms with Gasteiger partial charge in [0.1, 0.15) is 0 Å². The van der Waals surface area contributed by atoms with Crippen LogP contribution in [0.5, 0.6) is 0 Å². The summed E-state index contributed by atoms with van der Waals surface area (Å²) in [6, 6.07) is 0. The molecule has 2 amide bonds. The highest BCUT2D eigenvalue weighted by Gasteiger charge is 2.37. The fourth-order valence-electron chi connectivity index (χ4n) is 2.61. The summed E-state index contributed by atoms with van der Waals surface area (Å²) in [5.41, 5.74) is -0.408. The Labute approximate surface area is 122 Å². The Bertz CT molecular complexity index is 477. The molecule has 20 heavy (non-hydrogen) atoms. The number of likely N-dealkylation sites (tertiary alicyclic amines) is 1. The number of carbonyl (C=O) groups is 2. The second-order valence-electron chi connectivity index (χ2n) is 5.34. The SMILES string of the molecule is CNC(=O)[C@@]1(C)CCCN(CC(=O)Nc2nccs2)C1. The molecule has 1 atom stereocenters. The van der Waals surface area contributed by atoms with Crippen LogP contribution in [0.3, 0.4) is 0 Å². The van der Waals surface area contributed by atoms with Crippen LogP contribution in [0.25, 0.3) is 0 Å². The van der Waals surface area contributed by atoms with Crippen molar-refractivity contribution in [2.24, 2.45) is 5.41 Å². The fourth-order valence-corrected chi connectivity index (χ4v) is 3.16. The number of piperidine rings is 1. The van der Waals surface area contributed by atoms with E-state index in [1.807, 2.05) is 17.2 Å². The van der Waals surface area contributed by atoms with Crippen LogP contribution in [0.2, 0.25) is 0 Å². The minimum Gasteiger partial charge on any atom is -0.359 e. The first-order valence-corrected chi connectivity index (χ1v) is 7.55. The highest BCUT2D eigenvalue weighted by Crippen LogP contribution is 2.29. The van der Waals surface area contributed by atoms with Crippen LogP contribution >= 0.6 is 11.3 Å². The molecular formula is C13H20N4O2S. The summed E-state index contributed by atoms with van der Waals surface area (Å²) < 4.78 is 0. The minimum absolute atomic E-state index is 0.0440. The highest BCUT2D eigenvalue weighted by atomic mass is 32.1.